The van der Waals surface area contributed by atoms with Crippen molar-refractivity contribution >= 4 is 17.3 Å². The van der Waals surface area contributed by atoms with E-state index >= 15 is 0 Å². The topological polar surface area (TPSA) is 64.0 Å². The van der Waals surface area contributed by atoms with Crippen LogP contribution in [0.15, 0.2) is 79.3 Å². The lowest BCUT2D eigenvalue weighted by molar-refractivity contribution is 0.413. The maximum absolute atomic E-state index is 5.58. The molecule has 0 bridgehead atoms. The summed E-state index contributed by atoms with van der Waals surface area (Å²) in [7, 11) is 1.67. The van der Waals surface area contributed by atoms with E-state index in [9.17, 15) is 0 Å². The largest absolute Gasteiger partial charge is 0.494 e. The minimum Gasteiger partial charge on any atom is -0.494 e. The van der Waals surface area contributed by atoms with E-state index in [1.807, 2.05) is 72.3 Å². The quantitative estimate of drug-likeness (QED) is 0.441. The van der Waals surface area contributed by atoms with Crippen LogP contribution in [0.3, 0.4) is 0 Å². The van der Waals surface area contributed by atoms with Crippen molar-refractivity contribution in [2.24, 2.45) is 0 Å². The van der Waals surface area contributed by atoms with Crippen molar-refractivity contribution in [3.8, 4) is 11.4 Å². The van der Waals surface area contributed by atoms with Crippen molar-refractivity contribution in [2.45, 2.75) is 13.5 Å². The number of nitrogens with zero attached hydrogens (tertiary/aromatic N) is 3. The van der Waals surface area contributed by atoms with Crippen molar-refractivity contribution in [1.82, 2.24) is 14.5 Å². The molecule has 2 heterocycles. The maximum atomic E-state index is 5.58. The fraction of sp³-hybridized carbons (Fsp3) is 0.130. The molecule has 2 N–H and O–H groups in total. The molecule has 0 aliphatic carbocycles. The van der Waals surface area contributed by atoms with Gasteiger partial charge in [0.2, 0.25) is 0 Å². The molecule has 0 atom stereocenters. The van der Waals surface area contributed by atoms with Crippen LogP contribution in [0.5, 0.6) is 5.75 Å². The molecule has 0 radical (unpaired) electrons. The van der Waals surface area contributed by atoms with Gasteiger partial charge in [0.15, 0.2) is 0 Å². The highest BCUT2D eigenvalue weighted by Crippen LogP contribution is 2.28. The molecule has 0 saturated heterocycles. The third kappa shape index (κ3) is 4.55. The van der Waals surface area contributed by atoms with Gasteiger partial charge in [-0.2, -0.15) is 0 Å². The molecule has 0 aliphatic rings. The van der Waals surface area contributed by atoms with Crippen LogP contribution in [0.25, 0.3) is 5.69 Å². The Morgan fingerprint density at radius 1 is 1.00 bits per heavy atom. The molecule has 0 spiro atoms. The monoisotopic (exact) mass is 389 g/mol. The van der Waals surface area contributed by atoms with Crippen molar-refractivity contribution in [2.75, 3.05) is 17.7 Å². The molecule has 2 aromatic carbocycles. The average molecular weight is 390 g/mol. The number of aromatic nitrogens is 3. The summed E-state index contributed by atoms with van der Waals surface area (Å²) in [6.45, 7) is 2.69. The summed E-state index contributed by atoms with van der Waals surface area (Å²) >= 11 is 0. The summed E-state index contributed by atoms with van der Waals surface area (Å²) in [5, 5.41) is 6.70. The van der Waals surface area contributed by atoms with Gasteiger partial charge >= 0.3 is 0 Å². The van der Waals surface area contributed by atoms with Crippen molar-refractivity contribution in [3.63, 3.8) is 0 Å². The third-order valence-corrected chi connectivity index (χ3v) is 4.51. The Labute approximate surface area is 173 Å². The summed E-state index contributed by atoms with van der Waals surface area (Å²) in [5.74, 6) is 2.33. The van der Waals surface area contributed by atoms with E-state index in [-0.39, 0.29) is 2.85 Å². The number of aryl methyl sites for hydroxylation is 1. The first-order chi connectivity index (χ1) is 14.2. The van der Waals surface area contributed by atoms with Gasteiger partial charge in [-0.05, 0) is 36.8 Å². The zero-order valence-electron chi connectivity index (χ0n) is 16.5. The first kappa shape index (κ1) is 18.6. The zero-order chi connectivity index (χ0) is 20.1. The van der Waals surface area contributed by atoms with Gasteiger partial charge in [0.25, 0.3) is 0 Å². The van der Waals surface area contributed by atoms with Crippen LogP contribution in [-0.2, 0) is 6.54 Å². The normalized spacial score (nSPS) is 10.6. The molecule has 150 valence electrons. The molecular weight excluding hydrogens is 362 g/mol. The van der Waals surface area contributed by atoms with Gasteiger partial charge in [-0.25, -0.2) is 9.97 Å². The summed E-state index contributed by atoms with van der Waals surface area (Å²) < 4.78 is 7.53. The van der Waals surface area contributed by atoms with E-state index in [0.717, 1.165) is 41.0 Å². The second-order valence-corrected chi connectivity index (χ2v) is 6.68. The van der Waals surface area contributed by atoms with Crippen LogP contribution in [0.1, 0.15) is 14.1 Å². The highest BCUT2D eigenvalue weighted by Gasteiger charge is 2.08. The molecule has 29 heavy (non-hydrogen) atoms. The number of benzene rings is 2. The Morgan fingerprint density at radius 2 is 1.83 bits per heavy atom. The minimum absolute atomic E-state index is 0. The predicted octanol–water partition coefficient (Wildman–Crippen LogP) is 5.43. The van der Waals surface area contributed by atoms with E-state index in [2.05, 4.69) is 32.7 Å². The Morgan fingerprint density at radius 3 is 2.59 bits per heavy atom. The number of rotatable bonds is 7. The molecule has 0 amide bonds. The molecule has 0 unspecified atom stereocenters. The summed E-state index contributed by atoms with van der Waals surface area (Å²) in [6, 6.07) is 22.1. The lowest BCUT2D eigenvalue weighted by Crippen LogP contribution is -2.03. The number of anilines is 3. The van der Waals surface area contributed by atoms with Gasteiger partial charge in [0.1, 0.15) is 17.4 Å². The fourth-order valence-corrected chi connectivity index (χ4v) is 3.06. The van der Waals surface area contributed by atoms with Crippen LogP contribution in [-0.4, -0.2) is 21.6 Å². The fourth-order valence-electron chi connectivity index (χ4n) is 3.06. The highest BCUT2D eigenvalue weighted by atomic mass is 16.5. The summed E-state index contributed by atoms with van der Waals surface area (Å²) in [6.07, 6.45) is 3.75. The average Bonchev–Trinajstić information content (AvgIpc) is 3.19. The molecule has 6 nitrogen and oxygen atoms in total. The number of nitrogens with one attached hydrogen (secondary N) is 2. The van der Waals surface area contributed by atoms with Crippen molar-refractivity contribution in [3.05, 3.63) is 90.5 Å². The molecule has 4 aromatic rings. The Bertz CT molecular complexity index is 1100. The standard InChI is InChI=1S/C23H23N5O.2H2/c1-17-15-28(16-25-17)20-12-11-19(13-21(20)29-2)26-23-10-6-9-22(27-23)24-14-18-7-4-3-5-8-18;;/h3-13,15-16H,14H2,1-2H3,(H2,24,26,27);2*1H. The van der Waals surface area contributed by atoms with Crippen LogP contribution >= 0.6 is 0 Å². The van der Waals surface area contributed by atoms with E-state index in [1.165, 1.54) is 5.56 Å². The molecule has 2 aromatic heterocycles. The van der Waals surface area contributed by atoms with Crippen molar-refractivity contribution in [1.29, 1.82) is 0 Å². The van der Waals surface area contributed by atoms with Gasteiger partial charge in [0, 0.05) is 27.3 Å². The molecule has 4 rings (SSSR count). The SMILES string of the molecule is COc1cc(Nc2cccc(NCc3ccccc3)n2)ccc1-n1cnc(C)c1.[HH].[HH]. The summed E-state index contributed by atoms with van der Waals surface area (Å²) in [5.41, 5.74) is 4.00. The van der Waals surface area contributed by atoms with Crippen LogP contribution in [0.2, 0.25) is 0 Å². The van der Waals surface area contributed by atoms with Crippen LogP contribution in [0, 0.1) is 6.92 Å². The second-order valence-electron chi connectivity index (χ2n) is 6.68. The number of hydrogen-bond acceptors (Lipinski definition) is 5. The van der Waals surface area contributed by atoms with Gasteiger partial charge in [-0.1, -0.05) is 36.4 Å². The Kier molecular flexibility index (Phi) is 5.42. The van der Waals surface area contributed by atoms with E-state index in [0.29, 0.717) is 0 Å². The summed E-state index contributed by atoms with van der Waals surface area (Å²) in [4.78, 5) is 8.93. The molecular formula is C23H27N5O. The first-order valence-corrected chi connectivity index (χ1v) is 9.42. The number of methoxy groups -OCH3 is 1. The van der Waals surface area contributed by atoms with Gasteiger partial charge in [-0.15, -0.1) is 0 Å². The van der Waals surface area contributed by atoms with E-state index in [4.69, 9.17) is 4.74 Å². The Balaban J connectivity index is 0.00000171. The lowest BCUT2D eigenvalue weighted by atomic mass is 10.2. The maximum Gasteiger partial charge on any atom is 0.144 e. The number of ether oxygens (including phenoxy) is 1. The lowest BCUT2D eigenvalue weighted by Gasteiger charge is -2.13. The van der Waals surface area contributed by atoms with Gasteiger partial charge in [0.05, 0.1) is 24.8 Å². The Hall–Kier alpha value is -3.80. The molecule has 6 heteroatoms. The second kappa shape index (κ2) is 8.48. The first-order valence-electron chi connectivity index (χ1n) is 9.42. The predicted molar refractivity (Wildman–Crippen MR) is 120 cm³/mol. The molecule has 0 aliphatic heterocycles. The van der Waals surface area contributed by atoms with Crippen LogP contribution < -0.4 is 15.4 Å². The molecule has 0 fully saturated rings. The third-order valence-electron chi connectivity index (χ3n) is 4.51. The zero-order valence-corrected chi connectivity index (χ0v) is 16.5. The highest BCUT2D eigenvalue weighted by molar-refractivity contribution is 5.64. The van der Waals surface area contributed by atoms with Crippen molar-refractivity contribution < 1.29 is 7.59 Å². The van der Waals surface area contributed by atoms with E-state index < -0.39 is 0 Å². The minimum atomic E-state index is 0. The van der Waals surface area contributed by atoms with Gasteiger partial charge in [-0.3, -0.25) is 0 Å². The van der Waals surface area contributed by atoms with Crippen LogP contribution in [0.4, 0.5) is 17.3 Å². The number of hydrogen-bond donors (Lipinski definition) is 2. The van der Waals surface area contributed by atoms with E-state index in [1.54, 1.807) is 13.4 Å². The molecule has 0 saturated carbocycles. The smallest absolute Gasteiger partial charge is 0.144 e. The number of imidazole rings is 1. The number of pyridine rings is 1. The van der Waals surface area contributed by atoms with Gasteiger partial charge < -0.3 is 19.9 Å².